The Morgan fingerprint density at radius 3 is 2.39 bits per heavy atom. The topological polar surface area (TPSA) is 108 Å². The van der Waals surface area contributed by atoms with Crippen molar-refractivity contribution in [2.24, 2.45) is 0 Å². The lowest BCUT2D eigenvalue weighted by Gasteiger charge is -2.20. The van der Waals surface area contributed by atoms with Gasteiger partial charge in [0.25, 0.3) is 11.8 Å². The van der Waals surface area contributed by atoms with Crippen molar-refractivity contribution in [2.45, 2.75) is 31.2 Å². The van der Waals surface area contributed by atoms with Gasteiger partial charge in [-0.25, -0.2) is 9.18 Å². The van der Waals surface area contributed by atoms with E-state index in [1.54, 1.807) is 18.2 Å². The van der Waals surface area contributed by atoms with Gasteiger partial charge in [-0.2, -0.15) is 0 Å². The predicted octanol–water partition coefficient (Wildman–Crippen LogP) is 2.88. The summed E-state index contributed by atoms with van der Waals surface area (Å²) in [6, 6.07) is 11.1. The van der Waals surface area contributed by atoms with E-state index in [1.165, 1.54) is 30.3 Å². The zero-order valence-corrected chi connectivity index (χ0v) is 16.6. The molecule has 0 atom stereocenters. The second-order valence-corrected chi connectivity index (χ2v) is 7.67. The summed E-state index contributed by atoms with van der Waals surface area (Å²) < 4.78 is 13.1. The molecular weight excluding hydrogens is 403 g/mol. The molecule has 1 aliphatic heterocycles. The van der Waals surface area contributed by atoms with E-state index in [0.29, 0.717) is 18.5 Å². The average molecular weight is 424 g/mol. The van der Waals surface area contributed by atoms with E-state index in [2.05, 4.69) is 16.0 Å². The Kier molecular flexibility index (Phi) is 5.41. The lowest BCUT2D eigenvalue weighted by atomic mass is 9.98. The van der Waals surface area contributed by atoms with Crippen molar-refractivity contribution in [2.75, 3.05) is 17.2 Å². The number of nitrogens with zero attached hydrogens (tertiary/aromatic N) is 1. The van der Waals surface area contributed by atoms with Crippen molar-refractivity contribution in [1.29, 1.82) is 0 Å². The van der Waals surface area contributed by atoms with E-state index in [9.17, 15) is 23.6 Å². The number of hydrogen-bond acceptors (Lipinski definition) is 4. The molecule has 1 spiro atoms. The molecule has 0 bridgehead atoms. The van der Waals surface area contributed by atoms with Gasteiger partial charge in [-0.15, -0.1) is 0 Å². The van der Waals surface area contributed by atoms with E-state index < -0.39 is 35.7 Å². The number of carbonyl (C=O) groups excluding carboxylic acids is 4. The number of imide groups is 1. The molecule has 1 aliphatic carbocycles. The molecule has 0 aromatic heterocycles. The van der Waals surface area contributed by atoms with Crippen molar-refractivity contribution in [3.8, 4) is 0 Å². The molecule has 1 saturated heterocycles. The number of rotatable bonds is 5. The van der Waals surface area contributed by atoms with Gasteiger partial charge in [0.15, 0.2) is 0 Å². The maximum Gasteiger partial charge on any atom is 0.325 e. The number of carbonyl (C=O) groups is 4. The maximum atomic E-state index is 13.1. The average Bonchev–Trinajstić information content (AvgIpc) is 3.31. The first-order valence-electron chi connectivity index (χ1n) is 9.98. The summed E-state index contributed by atoms with van der Waals surface area (Å²) >= 11 is 0. The molecule has 5 amide bonds. The number of hydrogen-bond donors (Lipinski definition) is 3. The highest BCUT2D eigenvalue weighted by Crippen LogP contribution is 2.35. The van der Waals surface area contributed by atoms with Crippen molar-refractivity contribution < 1.29 is 23.6 Å². The van der Waals surface area contributed by atoms with Gasteiger partial charge in [-0.1, -0.05) is 25.0 Å². The Hall–Kier alpha value is -3.75. The molecule has 31 heavy (non-hydrogen) atoms. The van der Waals surface area contributed by atoms with E-state index >= 15 is 0 Å². The highest BCUT2D eigenvalue weighted by Gasteiger charge is 2.52. The lowest BCUT2D eigenvalue weighted by molar-refractivity contribution is -0.133. The number of para-hydroxylation sites is 1. The van der Waals surface area contributed by atoms with Gasteiger partial charge in [0, 0.05) is 5.69 Å². The molecule has 2 aromatic rings. The van der Waals surface area contributed by atoms with Crippen LogP contribution in [0.5, 0.6) is 0 Å². The Morgan fingerprint density at radius 2 is 1.68 bits per heavy atom. The van der Waals surface area contributed by atoms with Crippen LogP contribution in [0.25, 0.3) is 0 Å². The van der Waals surface area contributed by atoms with Crippen LogP contribution < -0.4 is 16.0 Å². The number of amides is 5. The second kappa shape index (κ2) is 8.17. The first-order valence-corrected chi connectivity index (χ1v) is 9.98. The molecule has 1 heterocycles. The fraction of sp³-hybridized carbons (Fsp3) is 0.273. The first-order chi connectivity index (χ1) is 14.9. The molecule has 2 aromatic carbocycles. The van der Waals surface area contributed by atoms with Gasteiger partial charge in [-0.3, -0.25) is 19.3 Å². The largest absolute Gasteiger partial charge is 0.325 e. The minimum Gasteiger partial charge on any atom is -0.324 e. The van der Waals surface area contributed by atoms with Crippen LogP contribution in [-0.2, 0) is 9.59 Å². The highest BCUT2D eigenvalue weighted by molar-refractivity contribution is 6.12. The summed E-state index contributed by atoms with van der Waals surface area (Å²) in [7, 11) is 0. The van der Waals surface area contributed by atoms with E-state index in [4.69, 9.17) is 0 Å². The molecule has 0 radical (unpaired) electrons. The van der Waals surface area contributed by atoms with Gasteiger partial charge in [0.05, 0.1) is 11.3 Å². The van der Waals surface area contributed by atoms with Gasteiger partial charge >= 0.3 is 6.03 Å². The Bertz CT molecular complexity index is 1050. The Balaban J connectivity index is 1.44. The zero-order chi connectivity index (χ0) is 22.0. The van der Waals surface area contributed by atoms with Crippen LogP contribution in [0.15, 0.2) is 48.5 Å². The van der Waals surface area contributed by atoms with Crippen molar-refractivity contribution in [3.05, 3.63) is 59.9 Å². The number of urea groups is 1. The summed E-state index contributed by atoms with van der Waals surface area (Å²) in [5.41, 5.74) is -0.0715. The Labute approximate surface area is 177 Å². The normalized spacial score (nSPS) is 17.0. The van der Waals surface area contributed by atoms with Crippen molar-refractivity contribution in [3.63, 3.8) is 0 Å². The molecule has 2 fully saturated rings. The van der Waals surface area contributed by atoms with Crippen LogP contribution in [0.1, 0.15) is 36.0 Å². The third-order valence-electron chi connectivity index (χ3n) is 5.55. The molecule has 9 heteroatoms. The quantitative estimate of drug-likeness (QED) is 0.642. The number of benzene rings is 2. The second-order valence-electron chi connectivity index (χ2n) is 7.67. The zero-order valence-electron chi connectivity index (χ0n) is 16.6. The molecule has 160 valence electrons. The van der Waals surface area contributed by atoms with Gasteiger partial charge < -0.3 is 16.0 Å². The summed E-state index contributed by atoms with van der Waals surface area (Å²) in [6.07, 6.45) is 2.84. The highest BCUT2D eigenvalue weighted by atomic mass is 19.1. The van der Waals surface area contributed by atoms with Crippen LogP contribution in [0.4, 0.5) is 20.6 Å². The van der Waals surface area contributed by atoms with Crippen LogP contribution >= 0.6 is 0 Å². The Morgan fingerprint density at radius 1 is 1.00 bits per heavy atom. The SMILES string of the molecule is O=C(CN1C(=O)NC2(CCCC2)C1=O)Nc1ccccc1C(=O)Nc1ccc(F)cc1. The molecular formula is C22H21FN4O4. The first kappa shape index (κ1) is 20.5. The molecule has 8 nitrogen and oxygen atoms in total. The van der Waals surface area contributed by atoms with Gasteiger partial charge in [-0.05, 0) is 49.2 Å². The lowest BCUT2D eigenvalue weighted by Crippen LogP contribution is -2.44. The predicted molar refractivity (Wildman–Crippen MR) is 111 cm³/mol. The summed E-state index contributed by atoms with van der Waals surface area (Å²) in [6.45, 7) is -0.444. The van der Waals surface area contributed by atoms with Crippen LogP contribution in [0.2, 0.25) is 0 Å². The van der Waals surface area contributed by atoms with E-state index in [-0.39, 0.29) is 17.2 Å². The summed E-state index contributed by atoms with van der Waals surface area (Å²) in [5.74, 6) is -1.90. The number of anilines is 2. The standard InChI is InChI=1S/C22H21FN4O4/c23-14-7-9-15(10-8-14)24-19(29)16-5-1-2-6-17(16)25-18(28)13-27-20(30)22(26-21(27)31)11-3-4-12-22/h1-2,5-10H,3-4,11-13H2,(H,24,29)(H,25,28)(H,26,31). The maximum absolute atomic E-state index is 13.1. The third-order valence-corrected chi connectivity index (χ3v) is 5.55. The van der Waals surface area contributed by atoms with Crippen molar-refractivity contribution in [1.82, 2.24) is 10.2 Å². The molecule has 3 N–H and O–H groups in total. The number of nitrogens with one attached hydrogen (secondary N) is 3. The van der Waals surface area contributed by atoms with E-state index in [1.807, 2.05) is 0 Å². The van der Waals surface area contributed by atoms with Crippen molar-refractivity contribution >= 4 is 35.1 Å². The van der Waals surface area contributed by atoms with Gasteiger partial charge in [0.2, 0.25) is 5.91 Å². The fourth-order valence-electron chi connectivity index (χ4n) is 3.99. The van der Waals surface area contributed by atoms with Crippen LogP contribution in [0.3, 0.4) is 0 Å². The molecule has 4 rings (SSSR count). The molecule has 2 aliphatic rings. The fourth-order valence-corrected chi connectivity index (χ4v) is 3.99. The smallest absolute Gasteiger partial charge is 0.324 e. The van der Waals surface area contributed by atoms with Crippen LogP contribution in [0, 0.1) is 5.82 Å². The van der Waals surface area contributed by atoms with E-state index in [0.717, 1.165) is 17.7 Å². The summed E-state index contributed by atoms with van der Waals surface area (Å²) in [4.78, 5) is 51.1. The monoisotopic (exact) mass is 424 g/mol. The summed E-state index contributed by atoms with van der Waals surface area (Å²) in [5, 5.41) is 7.96. The van der Waals surface area contributed by atoms with Gasteiger partial charge in [0.1, 0.15) is 17.9 Å². The minimum absolute atomic E-state index is 0.185. The number of halogens is 1. The minimum atomic E-state index is -0.885. The molecule has 0 unspecified atom stereocenters. The third kappa shape index (κ3) is 4.11. The molecule has 1 saturated carbocycles. The van der Waals surface area contributed by atoms with Crippen LogP contribution in [-0.4, -0.2) is 40.7 Å².